The van der Waals surface area contributed by atoms with Gasteiger partial charge in [-0.3, -0.25) is 5.01 Å². The van der Waals surface area contributed by atoms with Gasteiger partial charge in [0.15, 0.2) is 23.0 Å². The average molecular weight is 785 g/mol. The fourth-order valence-electron chi connectivity index (χ4n) is 6.22. The van der Waals surface area contributed by atoms with Crippen LogP contribution in [0.15, 0.2) is 122 Å². The maximum Gasteiger partial charge on any atom is 0.181 e. The lowest BCUT2D eigenvalue weighted by atomic mass is 9.95. The predicted molar refractivity (Wildman–Crippen MR) is 231 cm³/mol. The van der Waals surface area contributed by atoms with Gasteiger partial charge in [-0.15, -0.1) is 22.7 Å². The van der Waals surface area contributed by atoms with E-state index in [1.54, 1.807) is 22.7 Å². The molecule has 7 rings (SSSR count). The van der Waals surface area contributed by atoms with Crippen LogP contribution < -0.4 is 24.0 Å². The zero-order valence-corrected chi connectivity index (χ0v) is 32.7. The second kappa shape index (κ2) is 19.6. The molecule has 5 aromatic rings. The van der Waals surface area contributed by atoms with E-state index in [0.29, 0.717) is 46.2 Å². The van der Waals surface area contributed by atoms with Crippen molar-refractivity contribution < 1.29 is 28.4 Å². The van der Waals surface area contributed by atoms with Crippen LogP contribution in [0.2, 0.25) is 0 Å². The number of thiophene rings is 2. The number of nitrogens with zero attached hydrogens (tertiary/aromatic N) is 2. The Morgan fingerprint density at radius 2 is 1.11 bits per heavy atom. The molecule has 0 bridgehead atoms. The van der Waals surface area contributed by atoms with Gasteiger partial charge in [0.2, 0.25) is 0 Å². The maximum absolute atomic E-state index is 6.12. The van der Waals surface area contributed by atoms with Crippen molar-refractivity contribution in [2.45, 2.75) is 12.3 Å². The molecule has 2 aromatic heterocycles. The molecule has 0 N–H and O–H groups in total. The number of hydrazone groups is 1. The van der Waals surface area contributed by atoms with E-state index in [9.17, 15) is 0 Å². The van der Waals surface area contributed by atoms with Gasteiger partial charge in [0, 0.05) is 5.92 Å². The van der Waals surface area contributed by atoms with E-state index in [-0.39, 0.29) is 5.92 Å². The molecular formula is C46H44N2O6S2. The van der Waals surface area contributed by atoms with Gasteiger partial charge in [-0.1, -0.05) is 104 Å². The Labute approximate surface area is 336 Å². The first-order valence-corrected chi connectivity index (χ1v) is 20.2. The first kappa shape index (κ1) is 38.3. The minimum atomic E-state index is 0.191. The van der Waals surface area contributed by atoms with Crippen LogP contribution in [0.1, 0.15) is 48.5 Å². The van der Waals surface area contributed by atoms with Gasteiger partial charge in [0.05, 0.1) is 57.1 Å². The van der Waals surface area contributed by atoms with E-state index in [1.165, 1.54) is 18.1 Å². The number of rotatable bonds is 18. The van der Waals surface area contributed by atoms with Crippen LogP contribution in [0.3, 0.4) is 0 Å². The first-order valence-electron chi connectivity index (χ1n) is 18.6. The second-order valence-electron chi connectivity index (χ2n) is 12.6. The molecule has 286 valence electrons. The van der Waals surface area contributed by atoms with E-state index < -0.39 is 0 Å². The molecular weight excluding hydrogens is 741 g/mol. The maximum atomic E-state index is 6.12. The minimum Gasteiger partial charge on any atom is -0.502 e. The summed E-state index contributed by atoms with van der Waals surface area (Å²) in [4.78, 5) is 3.93. The van der Waals surface area contributed by atoms with E-state index >= 15 is 0 Å². The van der Waals surface area contributed by atoms with Gasteiger partial charge in [-0.05, 0) is 53.5 Å². The fourth-order valence-corrected chi connectivity index (χ4v) is 8.19. The predicted octanol–water partition coefficient (Wildman–Crippen LogP) is 11.0. The molecule has 0 spiro atoms. The van der Waals surface area contributed by atoms with Gasteiger partial charge < -0.3 is 28.4 Å². The highest BCUT2D eigenvalue weighted by molar-refractivity contribution is 7.15. The molecule has 2 aliphatic heterocycles. The topological polar surface area (TPSA) is 71.0 Å². The molecule has 3 aromatic carbocycles. The van der Waals surface area contributed by atoms with E-state index in [2.05, 4.69) is 98.1 Å². The minimum absolute atomic E-state index is 0.191. The van der Waals surface area contributed by atoms with Crippen LogP contribution in [0.5, 0.6) is 23.0 Å². The summed E-state index contributed by atoms with van der Waals surface area (Å²) in [5.74, 6) is 3.26. The Kier molecular flexibility index (Phi) is 13.4. The Morgan fingerprint density at radius 3 is 1.68 bits per heavy atom. The van der Waals surface area contributed by atoms with Gasteiger partial charge in [0.1, 0.15) is 33.0 Å². The number of allylic oxidation sites excluding steroid dienone is 1. The quantitative estimate of drug-likeness (QED) is 0.0379. The Bertz CT molecular complexity index is 2020. The van der Waals surface area contributed by atoms with Gasteiger partial charge in [0.25, 0.3) is 0 Å². The third-order valence-electron chi connectivity index (χ3n) is 8.97. The molecule has 0 fully saturated rings. The fraction of sp³-hybridized carbons (Fsp3) is 0.196. The van der Waals surface area contributed by atoms with Crippen LogP contribution in [0.4, 0.5) is 5.69 Å². The lowest BCUT2D eigenvalue weighted by Crippen LogP contribution is -2.21. The molecule has 56 heavy (non-hydrogen) atoms. The molecule has 8 nitrogen and oxygen atoms in total. The highest BCUT2D eigenvalue weighted by Crippen LogP contribution is 2.46. The first-order chi connectivity index (χ1) is 27.7. The van der Waals surface area contributed by atoms with Gasteiger partial charge >= 0.3 is 0 Å². The third kappa shape index (κ3) is 9.82. The number of anilines is 1. The van der Waals surface area contributed by atoms with Crippen molar-refractivity contribution in [3.8, 4) is 23.0 Å². The average Bonchev–Trinajstić information content (AvgIpc) is 3.80. The molecule has 1 unspecified atom stereocenters. The number of para-hydroxylation sites is 1. The highest BCUT2D eigenvalue weighted by Gasteiger charge is 2.24. The molecule has 1 atom stereocenters. The lowest BCUT2D eigenvalue weighted by Gasteiger charge is -2.19. The third-order valence-corrected chi connectivity index (χ3v) is 11.1. The smallest absolute Gasteiger partial charge is 0.181 e. The van der Waals surface area contributed by atoms with Crippen LogP contribution in [-0.2, 0) is 9.47 Å². The SMILES string of the molecule is C=COCCC(/C=C/c1sc(/C=C/c2ccc(/C=C/c3sc(/C=N/N(CCOC=C)c4ccccc4)c4c3OCCO4)cc2)c2c1OCCO2)c1ccccc1. The Hall–Kier alpha value is -5.97. The number of hydrogen-bond donors (Lipinski definition) is 0. The molecule has 0 saturated carbocycles. The number of hydrogen-bond acceptors (Lipinski definition) is 10. The van der Waals surface area contributed by atoms with Crippen LogP contribution >= 0.6 is 22.7 Å². The summed E-state index contributed by atoms with van der Waals surface area (Å²) in [6, 6.07) is 28.9. The Balaban J connectivity index is 1.05. The van der Waals surface area contributed by atoms with Crippen molar-refractivity contribution in [3.05, 3.63) is 153 Å². The normalized spacial score (nSPS) is 14.1. The van der Waals surface area contributed by atoms with Crippen molar-refractivity contribution in [3.63, 3.8) is 0 Å². The Morgan fingerprint density at radius 1 is 0.607 bits per heavy atom. The number of ether oxygens (including phenoxy) is 6. The van der Waals surface area contributed by atoms with E-state index in [1.807, 2.05) is 47.6 Å². The summed E-state index contributed by atoms with van der Waals surface area (Å²) in [6.07, 6.45) is 18.4. The van der Waals surface area contributed by atoms with Crippen molar-refractivity contribution in [2.24, 2.45) is 5.10 Å². The van der Waals surface area contributed by atoms with E-state index in [0.717, 1.165) is 65.7 Å². The summed E-state index contributed by atoms with van der Waals surface area (Å²) >= 11 is 3.25. The van der Waals surface area contributed by atoms with Crippen LogP contribution in [-0.4, -0.2) is 52.4 Å². The molecule has 2 aliphatic rings. The van der Waals surface area contributed by atoms with E-state index in [4.69, 9.17) is 33.5 Å². The number of benzene rings is 3. The highest BCUT2D eigenvalue weighted by atomic mass is 32.1. The van der Waals surface area contributed by atoms with Crippen molar-refractivity contribution in [2.75, 3.05) is 51.2 Å². The summed E-state index contributed by atoms with van der Waals surface area (Å²) in [5, 5.41) is 6.71. The monoisotopic (exact) mass is 784 g/mol. The zero-order valence-electron chi connectivity index (χ0n) is 31.1. The second-order valence-corrected chi connectivity index (χ2v) is 14.8. The molecule has 0 amide bonds. The van der Waals surface area contributed by atoms with Crippen LogP contribution in [0, 0.1) is 0 Å². The van der Waals surface area contributed by atoms with Crippen LogP contribution in [0.25, 0.3) is 30.4 Å². The standard InChI is InChI=1S/C46H44N2O6S2/c1-3-49-27-25-37(36-11-7-5-8-12-36)21-24-41-44-43(51-29-30-52-44)39(55-41)22-19-34-15-17-35(18-16-34)20-23-40-45-46(54-32-31-53-45)42(56-40)33-47-48(26-28-50-4-2)38-13-9-6-10-14-38/h3-24,33,37H,1-2,25-32H2/b22-19+,23-20+,24-21+,47-33+. The number of fused-ring (bicyclic) bond motifs is 2. The molecule has 0 saturated heterocycles. The molecule has 4 heterocycles. The van der Waals surface area contributed by atoms with Crippen molar-refractivity contribution >= 4 is 65.0 Å². The summed E-state index contributed by atoms with van der Waals surface area (Å²) in [7, 11) is 0. The van der Waals surface area contributed by atoms with Crippen molar-refractivity contribution in [1.29, 1.82) is 0 Å². The zero-order chi connectivity index (χ0) is 38.4. The largest absolute Gasteiger partial charge is 0.502 e. The molecule has 0 aliphatic carbocycles. The molecule has 0 radical (unpaired) electrons. The summed E-state index contributed by atoms with van der Waals surface area (Å²) in [6.45, 7) is 11.0. The summed E-state index contributed by atoms with van der Waals surface area (Å²) in [5.41, 5.74) is 4.35. The summed E-state index contributed by atoms with van der Waals surface area (Å²) < 4.78 is 35.2. The lowest BCUT2D eigenvalue weighted by molar-refractivity contribution is 0.173. The molecule has 10 heteroatoms. The van der Waals surface area contributed by atoms with Gasteiger partial charge in [-0.25, -0.2) is 0 Å². The van der Waals surface area contributed by atoms with Crippen molar-refractivity contribution in [1.82, 2.24) is 0 Å². The van der Waals surface area contributed by atoms with Gasteiger partial charge in [-0.2, -0.15) is 5.10 Å².